The second-order valence-electron chi connectivity index (χ2n) is 6.79. The van der Waals surface area contributed by atoms with Crippen molar-refractivity contribution in [1.29, 1.82) is 0 Å². The second kappa shape index (κ2) is 17.7. The van der Waals surface area contributed by atoms with Gasteiger partial charge in [0.1, 0.15) is 18.3 Å². The van der Waals surface area contributed by atoms with Crippen LogP contribution in [-0.2, 0) is 33.2 Å². The Hall–Kier alpha value is -1.39. The molecule has 0 N–H and O–H groups in total. The molecule has 0 unspecified atom stereocenters. The number of nitrogens with zero attached hydrogens (tertiary/aromatic N) is 2. The van der Waals surface area contributed by atoms with Gasteiger partial charge in [-0.1, -0.05) is 0 Å². The van der Waals surface area contributed by atoms with E-state index in [4.69, 9.17) is 28.4 Å². The molecule has 0 spiro atoms. The molecule has 0 aliphatic heterocycles. The SMILES string of the molecule is C=NCCOCCOCC(COCCOCCN=C)OCC(=O)OC(C)(C)C. The molecule has 0 fully saturated rings. The highest BCUT2D eigenvalue weighted by molar-refractivity contribution is 5.71. The number of hydrogen-bond acceptors (Lipinski definition) is 9. The van der Waals surface area contributed by atoms with E-state index in [2.05, 4.69) is 23.4 Å². The van der Waals surface area contributed by atoms with Gasteiger partial charge in [0.05, 0.1) is 65.9 Å². The van der Waals surface area contributed by atoms with Gasteiger partial charge in [0.2, 0.25) is 0 Å². The normalized spacial score (nSPS) is 11.6. The van der Waals surface area contributed by atoms with Crippen LogP contribution in [0.25, 0.3) is 0 Å². The first-order valence-corrected chi connectivity index (χ1v) is 9.38. The fraction of sp³-hybridized carbons (Fsp3) is 0.842. The first-order chi connectivity index (χ1) is 13.4. The molecular weight excluding hydrogens is 368 g/mol. The van der Waals surface area contributed by atoms with Gasteiger partial charge in [0.25, 0.3) is 0 Å². The molecule has 0 amide bonds. The van der Waals surface area contributed by atoms with E-state index in [1.165, 1.54) is 0 Å². The average molecular weight is 405 g/mol. The molecule has 0 atom stereocenters. The van der Waals surface area contributed by atoms with Crippen LogP contribution < -0.4 is 0 Å². The summed E-state index contributed by atoms with van der Waals surface area (Å²) in [7, 11) is 0. The monoisotopic (exact) mass is 404 g/mol. The fourth-order valence-corrected chi connectivity index (χ4v) is 1.83. The van der Waals surface area contributed by atoms with Crippen molar-refractivity contribution in [2.45, 2.75) is 32.5 Å². The lowest BCUT2D eigenvalue weighted by Crippen LogP contribution is -2.32. The Morgan fingerprint density at radius 2 is 1.29 bits per heavy atom. The Kier molecular flexibility index (Phi) is 16.8. The summed E-state index contributed by atoms with van der Waals surface area (Å²) < 4.78 is 32.5. The third-order valence-corrected chi connectivity index (χ3v) is 3.00. The number of carbonyl (C=O) groups is 1. The molecule has 0 aliphatic carbocycles. The van der Waals surface area contributed by atoms with E-state index < -0.39 is 17.7 Å². The highest BCUT2D eigenvalue weighted by Crippen LogP contribution is 2.07. The number of hydrogen-bond donors (Lipinski definition) is 0. The number of esters is 1. The fourth-order valence-electron chi connectivity index (χ4n) is 1.83. The molecule has 0 radical (unpaired) electrons. The first kappa shape index (κ1) is 26.6. The predicted molar refractivity (Wildman–Crippen MR) is 108 cm³/mol. The summed E-state index contributed by atoms with van der Waals surface area (Å²) in [6.07, 6.45) is -0.405. The average Bonchev–Trinajstić information content (AvgIpc) is 2.62. The van der Waals surface area contributed by atoms with E-state index in [9.17, 15) is 4.79 Å². The molecule has 0 aromatic carbocycles. The summed E-state index contributed by atoms with van der Waals surface area (Å²) in [5.41, 5.74) is -0.557. The quantitative estimate of drug-likeness (QED) is 0.181. The maximum Gasteiger partial charge on any atom is 0.332 e. The van der Waals surface area contributed by atoms with Crippen LogP contribution in [0.4, 0.5) is 0 Å². The maximum atomic E-state index is 11.8. The predicted octanol–water partition coefficient (Wildman–Crippen LogP) is 1.18. The lowest BCUT2D eigenvalue weighted by Gasteiger charge is -2.22. The van der Waals surface area contributed by atoms with Gasteiger partial charge in [-0.15, -0.1) is 0 Å². The molecule has 9 heteroatoms. The van der Waals surface area contributed by atoms with E-state index in [1.807, 2.05) is 0 Å². The van der Waals surface area contributed by atoms with Crippen LogP contribution in [-0.4, -0.2) is 104 Å². The Morgan fingerprint density at radius 3 is 1.71 bits per heavy atom. The molecule has 28 heavy (non-hydrogen) atoms. The van der Waals surface area contributed by atoms with Crippen molar-refractivity contribution in [3.05, 3.63) is 0 Å². The molecule has 0 aliphatic rings. The molecule has 0 aromatic rings. The largest absolute Gasteiger partial charge is 0.458 e. The Bertz CT molecular complexity index is 392. The number of carbonyl (C=O) groups excluding carboxylic acids is 1. The molecule has 0 aromatic heterocycles. The number of rotatable bonds is 19. The maximum absolute atomic E-state index is 11.8. The van der Waals surface area contributed by atoms with Crippen LogP contribution in [0.3, 0.4) is 0 Å². The van der Waals surface area contributed by atoms with Gasteiger partial charge in [-0.25, -0.2) is 4.79 Å². The Morgan fingerprint density at radius 1 is 0.821 bits per heavy atom. The van der Waals surface area contributed by atoms with Crippen molar-refractivity contribution in [3.8, 4) is 0 Å². The standard InChI is InChI=1S/C19H36N2O7/c1-19(2,3)28-18(22)16-27-17(14-25-12-10-23-8-6-20-4)15-26-13-11-24-9-7-21-5/h17H,4-16H2,1-3H3. The van der Waals surface area contributed by atoms with Gasteiger partial charge in [-0.2, -0.15) is 0 Å². The molecule has 164 valence electrons. The van der Waals surface area contributed by atoms with Crippen LogP contribution in [0.1, 0.15) is 20.8 Å². The van der Waals surface area contributed by atoms with E-state index in [-0.39, 0.29) is 19.8 Å². The molecule has 0 bridgehead atoms. The van der Waals surface area contributed by atoms with Crippen molar-refractivity contribution in [3.63, 3.8) is 0 Å². The van der Waals surface area contributed by atoms with Crippen LogP contribution >= 0.6 is 0 Å². The molecule has 0 saturated carbocycles. The summed E-state index contributed by atoms with van der Waals surface area (Å²) in [6.45, 7) is 16.4. The van der Waals surface area contributed by atoms with Crippen molar-refractivity contribution < 1.29 is 33.2 Å². The van der Waals surface area contributed by atoms with Gasteiger partial charge >= 0.3 is 5.97 Å². The van der Waals surface area contributed by atoms with Gasteiger partial charge in [0.15, 0.2) is 0 Å². The lowest BCUT2D eigenvalue weighted by atomic mass is 10.2. The van der Waals surface area contributed by atoms with Crippen LogP contribution in [0.15, 0.2) is 9.98 Å². The summed E-state index contributed by atoms with van der Waals surface area (Å²) in [4.78, 5) is 19.2. The van der Waals surface area contributed by atoms with E-state index >= 15 is 0 Å². The summed E-state index contributed by atoms with van der Waals surface area (Å²) in [5.74, 6) is -0.432. The van der Waals surface area contributed by atoms with Crippen LogP contribution in [0, 0.1) is 0 Å². The molecule has 0 saturated heterocycles. The van der Waals surface area contributed by atoms with Gasteiger partial charge in [-0.05, 0) is 34.2 Å². The van der Waals surface area contributed by atoms with Gasteiger partial charge in [-0.3, -0.25) is 9.98 Å². The van der Waals surface area contributed by atoms with E-state index in [1.54, 1.807) is 20.8 Å². The minimum Gasteiger partial charge on any atom is -0.458 e. The van der Waals surface area contributed by atoms with Crippen molar-refractivity contribution >= 4 is 19.4 Å². The highest BCUT2D eigenvalue weighted by Gasteiger charge is 2.18. The molecule has 0 heterocycles. The molecular formula is C19H36N2O7. The third-order valence-electron chi connectivity index (χ3n) is 3.00. The minimum absolute atomic E-state index is 0.169. The van der Waals surface area contributed by atoms with Crippen molar-refractivity contribution in [2.75, 3.05) is 72.6 Å². The zero-order valence-corrected chi connectivity index (χ0v) is 17.5. The van der Waals surface area contributed by atoms with Crippen LogP contribution in [0.2, 0.25) is 0 Å². The zero-order valence-electron chi connectivity index (χ0n) is 17.5. The lowest BCUT2D eigenvalue weighted by molar-refractivity contribution is -0.165. The van der Waals surface area contributed by atoms with Gasteiger partial charge in [0, 0.05) is 0 Å². The summed E-state index contributed by atoms with van der Waals surface area (Å²) in [6, 6.07) is 0. The van der Waals surface area contributed by atoms with Crippen molar-refractivity contribution in [2.24, 2.45) is 9.98 Å². The molecule has 9 nitrogen and oxygen atoms in total. The smallest absolute Gasteiger partial charge is 0.332 e. The third kappa shape index (κ3) is 19.4. The second-order valence-corrected chi connectivity index (χ2v) is 6.79. The number of aliphatic imine (C=N–C) groups is 2. The summed E-state index contributed by atoms with van der Waals surface area (Å²) >= 11 is 0. The topological polar surface area (TPSA) is 97.2 Å². The Balaban J connectivity index is 4.09. The Labute approximate surface area is 168 Å². The van der Waals surface area contributed by atoms with Crippen molar-refractivity contribution in [1.82, 2.24) is 0 Å². The minimum atomic E-state index is -0.557. The summed E-state index contributed by atoms with van der Waals surface area (Å²) in [5, 5.41) is 0. The van der Waals surface area contributed by atoms with Crippen LogP contribution in [0.5, 0.6) is 0 Å². The van der Waals surface area contributed by atoms with Gasteiger partial charge < -0.3 is 28.4 Å². The molecule has 0 rings (SSSR count). The van der Waals surface area contributed by atoms with E-state index in [0.29, 0.717) is 52.7 Å². The number of ether oxygens (including phenoxy) is 6. The van der Waals surface area contributed by atoms with E-state index in [0.717, 1.165) is 0 Å². The first-order valence-electron chi connectivity index (χ1n) is 9.38. The zero-order chi connectivity index (χ0) is 21.1. The highest BCUT2D eigenvalue weighted by atomic mass is 16.6.